The molecular formula is C12H12F2N2OS. The highest BCUT2D eigenvalue weighted by Gasteiger charge is 2.15. The molecule has 96 valence electrons. The molecule has 1 unspecified atom stereocenters. The zero-order valence-electron chi connectivity index (χ0n) is 9.69. The Morgan fingerprint density at radius 3 is 2.50 bits per heavy atom. The van der Waals surface area contributed by atoms with Crippen LogP contribution in [-0.2, 0) is 4.79 Å². The number of nitriles is 1. The molecule has 0 bridgehead atoms. The van der Waals surface area contributed by atoms with Gasteiger partial charge in [0.1, 0.15) is 5.92 Å². The smallest absolute Gasteiger partial charge is 0.288 e. The predicted octanol–water partition coefficient (Wildman–Crippen LogP) is 3.49. The Balaban J connectivity index is 2.64. The van der Waals surface area contributed by atoms with E-state index in [1.165, 1.54) is 24.3 Å². The molecule has 0 aliphatic rings. The number of hydrogen-bond donors (Lipinski definition) is 1. The third-order valence-electron chi connectivity index (χ3n) is 2.23. The van der Waals surface area contributed by atoms with Crippen molar-refractivity contribution in [3.8, 4) is 6.07 Å². The zero-order chi connectivity index (χ0) is 13.5. The second-order valence-corrected chi connectivity index (χ2v) is 4.55. The fourth-order valence-corrected chi connectivity index (χ4v) is 1.78. The fraction of sp³-hybridized carbons (Fsp3) is 0.333. The summed E-state index contributed by atoms with van der Waals surface area (Å²) in [6.45, 7) is 1.75. The van der Waals surface area contributed by atoms with Crippen molar-refractivity contribution >= 4 is 23.4 Å². The Morgan fingerprint density at radius 1 is 1.44 bits per heavy atom. The van der Waals surface area contributed by atoms with Crippen molar-refractivity contribution in [2.24, 2.45) is 5.92 Å². The van der Waals surface area contributed by atoms with Crippen molar-refractivity contribution in [2.45, 2.75) is 24.0 Å². The second-order valence-electron chi connectivity index (χ2n) is 3.48. The number of rotatable bonds is 5. The molecule has 0 saturated carbocycles. The monoisotopic (exact) mass is 270 g/mol. The van der Waals surface area contributed by atoms with E-state index in [-0.39, 0.29) is 5.91 Å². The first-order valence-corrected chi connectivity index (χ1v) is 6.20. The molecule has 0 aromatic heterocycles. The van der Waals surface area contributed by atoms with Crippen LogP contribution >= 0.6 is 11.8 Å². The molecule has 1 aromatic carbocycles. The van der Waals surface area contributed by atoms with Gasteiger partial charge in [-0.1, -0.05) is 18.7 Å². The number of amides is 1. The molecule has 1 rings (SSSR count). The Hall–Kier alpha value is -1.61. The van der Waals surface area contributed by atoms with Gasteiger partial charge in [0.25, 0.3) is 5.76 Å². The lowest BCUT2D eigenvalue weighted by molar-refractivity contribution is -0.118. The van der Waals surface area contributed by atoms with Gasteiger partial charge in [0.2, 0.25) is 5.91 Å². The van der Waals surface area contributed by atoms with Gasteiger partial charge < -0.3 is 5.32 Å². The van der Waals surface area contributed by atoms with Crippen molar-refractivity contribution in [3.05, 3.63) is 24.3 Å². The van der Waals surface area contributed by atoms with Crippen LogP contribution in [-0.4, -0.2) is 11.7 Å². The SMILES string of the molecule is CCC(C#N)C(=O)Nc1ccc(SC(F)F)cc1. The van der Waals surface area contributed by atoms with Crippen LogP contribution in [0.5, 0.6) is 0 Å². The van der Waals surface area contributed by atoms with Gasteiger partial charge in [0.05, 0.1) is 6.07 Å². The van der Waals surface area contributed by atoms with E-state index >= 15 is 0 Å². The molecule has 3 nitrogen and oxygen atoms in total. The molecule has 0 aliphatic heterocycles. The largest absolute Gasteiger partial charge is 0.325 e. The number of carbonyl (C=O) groups is 1. The van der Waals surface area contributed by atoms with Crippen LogP contribution in [0.3, 0.4) is 0 Å². The normalized spacial score (nSPS) is 11.9. The van der Waals surface area contributed by atoms with Gasteiger partial charge in [-0.05, 0) is 30.7 Å². The molecule has 0 spiro atoms. The summed E-state index contributed by atoms with van der Waals surface area (Å²) in [4.78, 5) is 12.0. The maximum atomic E-state index is 12.1. The molecule has 0 radical (unpaired) electrons. The Bertz CT molecular complexity index is 442. The topological polar surface area (TPSA) is 52.9 Å². The average Bonchev–Trinajstić information content (AvgIpc) is 2.32. The number of nitrogens with one attached hydrogen (secondary N) is 1. The Labute approximate surface area is 108 Å². The first-order valence-electron chi connectivity index (χ1n) is 5.32. The van der Waals surface area contributed by atoms with E-state index in [9.17, 15) is 13.6 Å². The van der Waals surface area contributed by atoms with E-state index in [2.05, 4.69) is 5.32 Å². The maximum Gasteiger partial charge on any atom is 0.288 e. The van der Waals surface area contributed by atoms with Gasteiger partial charge in [0, 0.05) is 10.6 Å². The standard InChI is InChI=1S/C12H12F2N2OS/c1-2-8(7-15)11(17)16-9-3-5-10(6-4-9)18-12(13)14/h3-6,8,12H,2H2,1H3,(H,16,17). The third-order valence-corrected chi connectivity index (χ3v) is 2.95. The third kappa shape index (κ3) is 4.34. The molecule has 0 fully saturated rings. The number of hydrogen-bond acceptors (Lipinski definition) is 3. The predicted molar refractivity (Wildman–Crippen MR) is 66.3 cm³/mol. The summed E-state index contributed by atoms with van der Waals surface area (Å²) in [5.41, 5.74) is 0.493. The summed E-state index contributed by atoms with van der Waals surface area (Å²) in [6.07, 6.45) is 0.432. The summed E-state index contributed by atoms with van der Waals surface area (Å²) in [5.74, 6) is -3.54. The summed E-state index contributed by atoms with van der Waals surface area (Å²) < 4.78 is 24.2. The molecule has 18 heavy (non-hydrogen) atoms. The van der Waals surface area contributed by atoms with Crippen molar-refractivity contribution < 1.29 is 13.6 Å². The van der Waals surface area contributed by atoms with E-state index in [1.807, 2.05) is 6.07 Å². The number of nitrogens with zero attached hydrogens (tertiary/aromatic N) is 1. The van der Waals surface area contributed by atoms with Gasteiger partial charge in [0.15, 0.2) is 0 Å². The highest BCUT2D eigenvalue weighted by molar-refractivity contribution is 7.99. The summed E-state index contributed by atoms with van der Waals surface area (Å²) in [5, 5.41) is 11.3. The number of alkyl halides is 2. The number of carbonyl (C=O) groups excluding carboxylic acids is 1. The first-order chi connectivity index (χ1) is 8.56. The van der Waals surface area contributed by atoms with Gasteiger partial charge in [-0.3, -0.25) is 4.79 Å². The molecule has 1 amide bonds. The van der Waals surface area contributed by atoms with E-state index in [0.29, 0.717) is 28.8 Å². The number of thioether (sulfide) groups is 1. The van der Waals surface area contributed by atoms with Crippen molar-refractivity contribution in [1.82, 2.24) is 0 Å². The minimum absolute atomic E-state index is 0.380. The number of benzene rings is 1. The Morgan fingerprint density at radius 2 is 2.06 bits per heavy atom. The lowest BCUT2D eigenvalue weighted by atomic mass is 10.1. The number of halogens is 2. The van der Waals surface area contributed by atoms with Crippen molar-refractivity contribution in [3.63, 3.8) is 0 Å². The van der Waals surface area contributed by atoms with Gasteiger partial charge in [-0.25, -0.2) is 0 Å². The maximum absolute atomic E-state index is 12.1. The minimum Gasteiger partial charge on any atom is -0.325 e. The van der Waals surface area contributed by atoms with Gasteiger partial charge in [-0.15, -0.1) is 0 Å². The Kier molecular flexibility index (Phi) is 5.59. The quantitative estimate of drug-likeness (QED) is 0.833. The van der Waals surface area contributed by atoms with Crippen LogP contribution in [0.2, 0.25) is 0 Å². The van der Waals surface area contributed by atoms with E-state index in [1.54, 1.807) is 6.92 Å². The van der Waals surface area contributed by atoms with Crippen LogP contribution < -0.4 is 5.32 Å². The number of anilines is 1. The molecule has 1 aromatic rings. The summed E-state index contributed by atoms with van der Waals surface area (Å²) in [6, 6.07) is 7.96. The fourth-order valence-electron chi connectivity index (χ4n) is 1.28. The van der Waals surface area contributed by atoms with Crippen LogP contribution in [0.1, 0.15) is 13.3 Å². The van der Waals surface area contributed by atoms with E-state index in [0.717, 1.165) is 0 Å². The average molecular weight is 270 g/mol. The van der Waals surface area contributed by atoms with Crippen LogP contribution in [0.15, 0.2) is 29.2 Å². The minimum atomic E-state index is -2.46. The van der Waals surface area contributed by atoms with Gasteiger partial charge >= 0.3 is 0 Å². The van der Waals surface area contributed by atoms with Crippen molar-refractivity contribution in [1.29, 1.82) is 5.26 Å². The summed E-state index contributed by atoms with van der Waals surface area (Å²) in [7, 11) is 0. The van der Waals surface area contributed by atoms with Crippen LogP contribution in [0, 0.1) is 17.2 Å². The van der Waals surface area contributed by atoms with E-state index in [4.69, 9.17) is 5.26 Å². The van der Waals surface area contributed by atoms with Gasteiger partial charge in [-0.2, -0.15) is 14.0 Å². The summed E-state index contributed by atoms with van der Waals surface area (Å²) >= 11 is 0.443. The lowest BCUT2D eigenvalue weighted by Crippen LogP contribution is -2.20. The molecule has 6 heteroatoms. The van der Waals surface area contributed by atoms with E-state index < -0.39 is 11.7 Å². The zero-order valence-corrected chi connectivity index (χ0v) is 10.5. The molecule has 0 saturated heterocycles. The lowest BCUT2D eigenvalue weighted by Gasteiger charge is -2.08. The second kappa shape index (κ2) is 6.97. The highest BCUT2D eigenvalue weighted by atomic mass is 32.2. The molecular weight excluding hydrogens is 258 g/mol. The van der Waals surface area contributed by atoms with Crippen molar-refractivity contribution in [2.75, 3.05) is 5.32 Å². The molecule has 1 N–H and O–H groups in total. The molecule has 0 aliphatic carbocycles. The first kappa shape index (κ1) is 14.5. The molecule has 0 heterocycles. The van der Waals surface area contributed by atoms with Crippen LogP contribution in [0.4, 0.5) is 14.5 Å². The highest BCUT2D eigenvalue weighted by Crippen LogP contribution is 2.26. The van der Waals surface area contributed by atoms with Crippen LogP contribution in [0.25, 0.3) is 0 Å². The molecule has 1 atom stereocenters.